The van der Waals surface area contributed by atoms with E-state index in [0.29, 0.717) is 53.9 Å². The number of carbonyl (C=O) groups is 2. The molecule has 0 saturated carbocycles. The number of piperidine rings is 1. The molecular formula is C30H27F3N8O2. The summed E-state index contributed by atoms with van der Waals surface area (Å²) in [6, 6.07) is 12.5. The summed E-state index contributed by atoms with van der Waals surface area (Å²) < 4.78 is 40.3. The zero-order valence-electron chi connectivity index (χ0n) is 23.1. The molecule has 10 nitrogen and oxygen atoms in total. The number of hydrogen-bond donors (Lipinski definition) is 2. The average Bonchev–Trinajstić information content (AvgIpc) is 3.40. The number of fused-ring (bicyclic) bond motifs is 1. The molecule has 0 aliphatic carbocycles. The van der Waals surface area contributed by atoms with Gasteiger partial charge in [-0.2, -0.15) is 23.5 Å². The number of nitriles is 1. The summed E-state index contributed by atoms with van der Waals surface area (Å²) in [7, 11) is 0. The molecule has 4 aromatic rings. The van der Waals surface area contributed by atoms with Gasteiger partial charge in [-0.3, -0.25) is 9.59 Å². The average molecular weight is 589 g/mol. The van der Waals surface area contributed by atoms with Crippen LogP contribution in [0.1, 0.15) is 48.1 Å². The van der Waals surface area contributed by atoms with E-state index < -0.39 is 17.6 Å². The van der Waals surface area contributed by atoms with Crippen molar-refractivity contribution in [3.8, 4) is 17.3 Å². The Kier molecular flexibility index (Phi) is 8.11. The Balaban J connectivity index is 1.39. The Labute approximate surface area is 244 Å². The van der Waals surface area contributed by atoms with Crippen LogP contribution in [0.3, 0.4) is 0 Å². The fourth-order valence-electron chi connectivity index (χ4n) is 5.07. The second kappa shape index (κ2) is 11.9. The van der Waals surface area contributed by atoms with Crippen LogP contribution in [0.25, 0.3) is 22.3 Å². The molecule has 0 unspecified atom stereocenters. The number of carbonyl (C=O) groups excluding carboxylic acids is 2. The van der Waals surface area contributed by atoms with E-state index in [1.807, 2.05) is 13.0 Å². The number of nitrogens with one attached hydrogen (secondary N) is 1. The minimum atomic E-state index is -4.49. The summed E-state index contributed by atoms with van der Waals surface area (Å²) >= 11 is 0. The number of hydrogen-bond acceptors (Lipinski definition) is 7. The van der Waals surface area contributed by atoms with Gasteiger partial charge in [0, 0.05) is 29.9 Å². The Hall–Kier alpha value is -5.25. The van der Waals surface area contributed by atoms with Crippen molar-refractivity contribution in [1.82, 2.24) is 24.6 Å². The number of alkyl halides is 3. The second-order valence-electron chi connectivity index (χ2n) is 10.0. The van der Waals surface area contributed by atoms with Gasteiger partial charge in [-0.05, 0) is 55.7 Å². The molecule has 2 aromatic heterocycles. The van der Waals surface area contributed by atoms with Crippen molar-refractivity contribution < 1.29 is 22.8 Å². The Morgan fingerprint density at radius 3 is 2.51 bits per heavy atom. The molecule has 3 N–H and O–H groups in total. The third kappa shape index (κ3) is 6.04. The highest BCUT2D eigenvalue weighted by Crippen LogP contribution is 2.34. The van der Waals surface area contributed by atoms with Crippen molar-refractivity contribution in [2.75, 3.05) is 24.1 Å². The fourth-order valence-corrected chi connectivity index (χ4v) is 5.07. The van der Waals surface area contributed by atoms with Crippen LogP contribution in [0, 0.1) is 11.3 Å². The van der Waals surface area contributed by atoms with Gasteiger partial charge in [0.1, 0.15) is 29.5 Å². The summed E-state index contributed by atoms with van der Waals surface area (Å²) in [6.07, 6.45) is 0.508. The monoisotopic (exact) mass is 588 g/mol. The predicted octanol–water partition coefficient (Wildman–Crippen LogP) is 5.37. The fraction of sp³-hybridized carbons (Fsp3) is 0.267. The standard InChI is InChI=1S/C30H27F3N8O2/c1-2-4-20(15-34)29(43)40-14-3-5-23(16-40)41-27-24(26(35)36-17-37-27)25(39-41)18-8-12-22(13-9-18)38-28(42)19-6-10-21(11-7-19)30(31,32)33/h4,6-13,17,23H,2-3,5,14,16H2,1H3,(H,38,42)(H2,35,36,37)/b20-4+/t23-/m1/s1. The topological polar surface area (TPSA) is 143 Å². The first-order chi connectivity index (χ1) is 20.6. The summed E-state index contributed by atoms with van der Waals surface area (Å²) in [5, 5.41) is 17.5. The molecule has 43 heavy (non-hydrogen) atoms. The number of benzene rings is 2. The van der Waals surface area contributed by atoms with Gasteiger partial charge in [0.15, 0.2) is 5.65 Å². The Bertz CT molecular complexity index is 1740. The van der Waals surface area contributed by atoms with Crippen LogP contribution < -0.4 is 11.1 Å². The maximum Gasteiger partial charge on any atom is 0.416 e. The van der Waals surface area contributed by atoms with E-state index in [9.17, 15) is 28.0 Å². The lowest BCUT2D eigenvalue weighted by Crippen LogP contribution is -2.41. The zero-order valence-corrected chi connectivity index (χ0v) is 23.1. The van der Waals surface area contributed by atoms with E-state index in [1.54, 1.807) is 39.9 Å². The van der Waals surface area contributed by atoms with Gasteiger partial charge in [-0.25, -0.2) is 14.6 Å². The molecule has 13 heteroatoms. The quantitative estimate of drug-likeness (QED) is 0.228. The van der Waals surface area contributed by atoms with E-state index in [-0.39, 0.29) is 28.9 Å². The lowest BCUT2D eigenvalue weighted by molar-refractivity contribution is -0.137. The molecule has 3 heterocycles. The van der Waals surface area contributed by atoms with E-state index in [4.69, 9.17) is 10.8 Å². The largest absolute Gasteiger partial charge is 0.416 e. The molecule has 1 saturated heterocycles. The molecule has 1 fully saturated rings. The van der Waals surface area contributed by atoms with Crippen molar-refractivity contribution in [3.05, 3.63) is 77.6 Å². The van der Waals surface area contributed by atoms with Crippen molar-refractivity contribution in [2.45, 2.75) is 38.4 Å². The smallest absolute Gasteiger partial charge is 0.383 e. The number of allylic oxidation sites excluding steroid dienone is 1. The molecule has 5 rings (SSSR count). The van der Waals surface area contributed by atoms with Gasteiger partial charge in [-0.1, -0.05) is 25.1 Å². The molecule has 0 spiro atoms. The van der Waals surface area contributed by atoms with E-state index >= 15 is 0 Å². The highest BCUT2D eigenvalue weighted by atomic mass is 19.4. The highest BCUT2D eigenvalue weighted by molar-refractivity contribution is 6.04. The number of anilines is 2. The number of nitrogen functional groups attached to an aromatic ring is 1. The molecule has 0 radical (unpaired) electrons. The second-order valence-corrected chi connectivity index (χ2v) is 10.0. The van der Waals surface area contributed by atoms with Crippen LogP contribution in [0.4, 0.5) is 24.7 Å². The van der Waals surface area contributed by atoms with Gasteiger partial charge in [0.25, 0.3) is 11.8 Å². The minimum absolute atomic E-state index is 0.0822. The van der Waals surface area contributed by atoms with E-state index in [2.05, 4.69) is 15.3 Å². The number of amides is 2. The van der Waals surface area contributed by atoms with Crippen molar-refractivity contribution in [3.63, 3.8) is 0 Å². The van der Waals surface area contributed by atoms with Gasteiger partial charge in [0.2, 0.25) is 0 Å². The lowest BCUT2D eigenvalue weighted by atomic mass is 10.0. The first-order valence-electron chi connectivity index (χ1n) is 13.6. The van der Waals surface area contributed by atoms with E-state index in [0.717, 1.165) is 30.7 Å². The third-order valence-electron chi connectivity index (χ3n) is 7.20. The summed E-state index contributed by atoms with van der Waals surface area (Å²) in [5.74, 6) is -0.639. The van der Waals surface area contributed by atoms with Gasteiger partial charge >= 0.3 is 6.18 Å². The van der Waals surface area contributed by atoms with E-state index in [1.165, 1.54) is 6.33 Å². The van der Waals surface area contributed by atoms with Crippen LogP contribution in [-0.2, 0) is 11.0 Å². The number of rotatable bonds is 6. The van der Waals surface area contributed by atoms with Gasteiger partial charge < -0.3 is 16.0 Å². The number of likely N-dealkylation sites (tertiary alicyclic amines) is 1. The predicted molar refractivity (Wildman–Crippen MR) is 153 cm³/mol. The number of nitrogens with zero attached hydrogens (tertiary/aromatic N) is 6. The lowest BCUT2D eigenvalue weighted by Gasteiger charge is -2.32. The van der Waals surface area contributed by atoms with Crippen LogP contribution in [0.15, 0.2) is 66.5 Å². The zero-order chi connectivity index (χ0) is 30.7. The van der Waals surface area contributed by atoms with Crippen molar-refractivity contribution >= 4 is 34.4 Å². The van der Waals surface area contributed by atoms with Crippen LogP contribution in [0.5, 0.6) is 0 Å². The summed E-state index contributed by atoms with van der Waals surface area (Å²) in [6.45, 7) is 2.74. The normalized spacial score (nSPS) is 15.7. The van der Waals surface area contributed by atoms with Gasteiger partial charge in [0.05, 0.1) is 17.0 Å². The molecule has 1 aliphatic rings. The Morgan fingerprint density at radius 2 is 1.86 bits per heavy atom. The maximum atomic E-state index is 13.0. The molecule has 2 aromatic carbocycles. The maximum absolute atomic E-state index is 13.0. The highest BCUT2D eigenvalue weighted by Gasteiger charge is 2.31. The van der Waals surface area contributed by atoms with Crippen LogP contribution in [0.2, 0.25) is 0 Å². The molecular weight excluding hydrogens is 561 g/mol. The molecule has 1 atom stereocenters. The summed E-state index contributed by atoms with van der Waals surface area (Å²) in [4.78, 5) is 35.8. The van der Waals surface area contributed by atoms with Crippen LogP contribution in [-0.4, -0.2) is 49.6 Å². The first-order valence-corrected chi connectivity index (χ1v) is 13.6. The first kappa shape index (κ1) is 29.2. The summed E-state index contributed by atoms with van der Waals surface area (Å²) in [5.41, 5.74) is 7.74. The van der Waals surface area contributed by atoms with Crippen LogP contribution >= 0.6 is 0 Å². The minimum Gasteiger partial charge on any atom is -0.383 e. The molecule has 220 valence electrons. The number of halogens is 3. The van der Waals surface area contributed by atoms with Crippen molar-refractivity contribution in [1.29, 1.82) is 5.26 Å². The molecule has 0 bridgehead atoms. The number of nitrogens with two attached hydrogens (primary N) is 1. The van der Waals surface area contributed by atoms with Gasteiger partial charge in [-0.15, -0.1) is 0 Å². The SMILES string of the molecule is CC/C=C(\C#N)C(=O)N1CCC[C@@H](n2nc(-c3ccc(NC(=O)c4ccc(C(F)(F)F)cc4)cc3)c3c(N)ncnc32)C1. The number of aromatic nitrogens is 4. The Morgan fingerprint density at radius 1 is 1.14 bits per heavy atom. The molecule has 1 aliphatic heterocycles. The third-order valence-corrected chi connectivity index (χ3v) is 7.20. The van der Waals surface area contributed by atoms with Crippen molar-refractivity contribution in [2.24, 2.45) is 0 Å². The molecule has 2 amide bonds.